The maximum absolute atomic E-state index is 9.74. The summed E-state index contributed by atoms with van der Waals surface area (Å²) in [6, 6.07) is 0. The first kappa shape index (κ1) is 10.6. The van der Waals surface area contributed by atoms with Crippen LogP contribution in [0.15, 0.2) is 11.8 Å². The molecule has 1 atom stereocenters. The summed E-state index contributed by atoms with van der Waals surface area (Å²) in [6.07, 6.45) is 7.11. The molecule has 2 heterocycles. The minimum absolute atomic E-state index is 0.161. The number of nitrogens with zero attached hydrogens (tertiary/aromatic N) is 1. The van der Waals surface area contributed by atoms with Crippen LogP contribution in [0.2, 0.25) is 0 Å². The highest BCUT2D eigenvalue weighted by Crippen LogP contribution is 2.49. The summed E-state index contributed by atoms with van der Waals surface area (Å²) < 4.78 is 5.82. The molecule has 1 saturated heterocycles. The number of hydrogen-bond acceptors (Lipinski definition) is 3. The van der Waals surface area contributed by atoms with E-state index in [-0.39, 0.29) is 11.1 Å². The smallest absolute Gasteiger partial charge is 0.177 e. The van der Waals surface area contributed by atoms with Gasteiger partial charge in [-0.15, -0.1) is 0 Å². The number of aliphatic hydroxyl groups excluding tert-OH is 1. The molecule has 90 valence electrons. The predicted octanol–water partition coefficient (Wildman–Crippen LogP) is 2.02. The summed E-state index contributed by atoms with van der Waals surface area (Å²) in [4.78, 5) is 2.38. The van der Waals surface area contributed by atoms with E-state index in [1.807, 2.05) is 6.08 Å². The molecule has 3 aliphatic rings. The maximum Gasteiger partial charge on any atom is 0.177 e. The Hall–Kier alpha value is -0.540. The molecule has 3 rings (SSSR count). The number of aliphatic hydroxyl groups is 1. The van der Waals surface area contributed by atoms with Crippen LogP contribution in [0.5, 0.6) is 0 Å². The van der Waals surface area contributed by atoms with Crippen molar-refractivity contribution in [1.82, 2.24) is 4.90 Å². The van der Waals surface area contributed by atoms with Crippen molar-refractivity contribution >= 4 is 0 Å². The molecule has 0 aromatic rings. The van der Waals surface area contributed by atoms with E-state index < -0.39 is 6.29 Å². The zero-order valence-electron chi connectivity index (χ0n) is 10.2. The minimum Gasteiger partial charge on any atom is -0.365 e. The van der Waals surface area contributed by atoms with Gasteiger partial charge in [0, 0.05) is 12.2 Å². The Morgan fingerprint density at radius 1 is 1.31 bits per heavy atom. The van der Waals surface area contributed by atoms with Gasteiger partial charge in [-0.1, -0.05) is 19.3 Å². The minimum atomic E-state index is -0.690. The van der Waals surface area contributed by atoms with Crippen molar-refractivity contribution in [2.24, 2.45) is 0 Å². The van der Waals surface area contributed by atoms with Crippen molar-refractivity contribution in [3.05, 3.63) is 11.8 Å². The molecule has 1 N–H and O–H groups in total. The fourth-order valence-corrected chi connectivity index (χ4v) is 3.21. The molecule has 0 bridgehead atoms. The van der Waals surface area contributed by atoms with E-state index >= 15 is 0 Å². The molecule has 3 nitrogen and oxygen atoms in total. The molecule has 1 unspecified atom stereocenters. The SMILES string of the molecule is CC1(C)CN1C1=CC(O)OC12CCCCC2. The van der Waals surface area contributed by atoms with Crippen molar-refractivity contribution in [3.63, 3.8) is 0 Å². The average Bonchev–Trinajstić information content (AvgIpc) is 2.73. The Kier molecular flexibility index (Phi) is 2.14. The average molecular weight is 223 g/mol. The zero-order chi connectivity index (χ0) is 11.4. The van der Waals surface area contributed by atoms with Crippen molar-refractivity contribution in [2.45, 2.75) is 63.4 Å². The molecule has 3 heteroatoms. The molecule has 0 aromatic heterocycles. The van der Waals surface area contributed by atoms with Crippen molar-refractivity contribution in [3.8, 4) is 0 Å². The molecule has 16 heavy (non-hydrogen) atoms. The summed E-state index contributed by atoms with van der Waals surface area (Å²) in [7, 11) is 0. The third-order valence-corrected chi connectivity index (χ3v) is 4.24. The molecular weight excluding hydrogens is 202 g/mol. The largest absolute Gasteiger partial charge is 0.365 e. The van der Waals surface area contributed by atoms with Crippen LogP contribution >= 0.6 is 0 Å². The Morgan fingerprint density at radius 2 is 1.94 bits per heavy atom. The van der Waals surface area contributed by atoms with Gasteiger partial charge in [-0.05, 0) is 32.8 Å². The molecule has 2 aliphatic heterocycles. The fourth-order valence-electron chi connectivity index (χ4n) is 3.21. The first-order valence-electron chi connectivity index (χ1n) is 6.39. The quantitative estimate of drug-likeness (QED) is 0.690. The van der Waals surface area contributed by atoms with Gasteiger partial charge in [0.1, 0.15) is 5.60 Å². The van der Waals surface area contributed by atoms with Crippen molar-refractivity contribution in [2.75, 3.05) is 6.54 Å². The van der Waals surface area contributed by atoms with Crippen LogP contribution in [0, 0.1) is 0 Å². The number of rotatable bonds is 1. The van der Waals surface area contributed by atoms with E-state index in [0.717, 1.165) is 19.4 Å². The van der Waals surface area contributed by atoms with Gasteiger partial charge in [-0.3, -0.25) is 0 Å². The second kappa shape index (κ2) is 3.23. The van der Waals surface area contributed by atoms with Gasteiger partial charge < -0.3 is 14.7 Å². The van der Waals surface area contributed by atoms with Gasteiger partial charge in [0.15, 0.2) is 6.29 Å². The summed E-state index contributed by atoms with van der Waals surface area (Å²) >= 11 is 0. The van der Waals surface area contributed by atoms with Crippen LogP contribution in [0.1, 0.15) is 46.0 Å². The lowest BCUT2D eigenvalue weighted by Gasteiger charge is -2.36. The van der Waals surface area contributed by atoms with Gasteiger partial charge in [-0.2, -0.15) is 0 Å². The van der Waals surface area contributed by atoms with Crippen LogP contribution in [0.25, 0.3) is 0 Å². The van der Waals surface area contributed by atoms with Gasteiger partial charge in [0.25, 0.3) is 0 Å². The zero-order valence-corrected chi connectivity index (χ0v) is 10.2. The number of hydrogen-bond donors (Lipinski definition) is 1. The lowest BCUT2D eigenvalue weighted by Crippen LogP contribution is -2.38. The standard InChI is InChI=1S/C13H21NO2/c1-12(2)9-14(12)10-8-11(15)16-13(10)6-4-3-5-7-13/h8,11,15H,3-7,9H2,1-2H3. The third-order valence-electron chi connectivity index (χ3n) is 4.24. The van der Waals surface area contributed by atoms with E-state index in [0.29, 0.717) is 0 Å². The highest BCUT2D eigenvalue weighted by atomic mass is 16.6. The maximum atomic E-state index is 9.74. The van der Waals surface area contributed by atoms with Gasteiger partial charge in [0.05, 0.1) is 5.54 Å². The first-order chi connectivity index (χ1) is 7.54. The van der Waals surface area contributed by atoms with Crippen LogP contribution in [0.3, 0.4) is 0 Å². The summed E-state index contributed by atoms with van der Waals surface area (Å²) in [5, 5.41) is 9.74. The normalized spacial score (nSPS) is 35.3. The summed E-state index contributed by atoms with van der Waals surface area (Å²) in [6.45, 7) is 5.58. The molecular formula is C13H21NO2. The topological polar surface area (TPSA) is 32.5 Å². The summed E-state index contributed by atoms with van der Waals surface area (Å²) in [5.41, 5.74) is 1.36. The highest BCUT2D eigenvalue weighted by Gasteiger charge is 2.54. The van der Waals surface area contributed by atoms with E-state index in [1.165, 1.54) is 25.0 Å². The van der Waals surface area contributed by atoms with Crippen LogP contribution in [0.4, 0.5) is 0 Å². The van der Waals surface area contributed by atoms with E-state index in [2.05, 4.69) is 18.7 Å². The fraction of sp³-hybridized carbons (Fsp3) is 0.846. The molecule has 0 amide bonds. The molecule has 2 fully saturated rings. The Bertz CT molecular complexity index is 329. The predicted molar refractivity (Wildman–Crippen MR) is 61.8 cm³/mol. The van der Waals surface area contributed by atoms with E-state index in [4.69, 9.17) is 4.74 Å². The van der Waals surface area contributed by atoms with Crippen LogP contribution in [-0.2, 0) is 4.74 Å². The monoisotopic (exact) mass is 223 g/mol. The summed E-state index contributed by atoms with van der Waals surface area (Å²) in [5.74, 6) is 0. The number of ether oxygens (including phenoxy) is 1. The second-order valence-corrected chi connectivity index (χ2v) is 6.01. The Balaban J connectivity index is 1.86. The molecule has 0 aromatic carbocycles. The van der Waals surface area contributed by atoms with Crippen molar-refractivity contribution in [1.29, 1.82) is 0 Å². The second-order valence-electron chi connectivity index (χ2n) is 6.01. The van der Waals surface area contributed by atoms with Crippen LogP contribution in [-0.4, -0.2) is 34.0 Å². The molecule has 1 spiro atoms. The third kappa shape index (κ3) is 1.49. The van der Waals surface area contributed by atoms with Crippen molar-refractivity contribution < 1.29 is 9.84 Å². The molecule has 1 saturated carbocycles. The van der Waals surface area contributed by atoms with E-state index in [1.54, 1.807) is 0 Å². The highest BCUT2D eigenvalue weighted by molar-refractivity contribution is 5.29. The van der Waals surface area contributed by atoms with Crippen LogP contribution < -0.4 is 0 Å². The Labute approximate surface area is 97.1 Å². The van der Waals surface area contributed by atoms with Gasteiger partial charge >= 0.3 is 0 Å². The molecule has 1 aliphatic carbocycles. The van der Waals surface area contributed by atoms with Gasteiger partial charge in [-0.25, -0.2) is 0 Å². The molecule has 0 radical (unpaired) electrons. The Morgan fingerprint density at radius 3 is 2.50 bits per heavy atom. The van der Waals surface area contributed by atoms with Gasteiger partial charge in [0.2, 0.25) is 0 Å². The lowest BCUT2D eigenvalue weighted by molar-refractivity contribution is -0.141. The van der Waals surface area contributed by atoms with E-state index in [9.17, 15) is 5.11 Å². The lowest BCUT2D eigenvalue weighted by atomic mass is 9.82. The first-order valence-corrected chi connectivity index (χ1v) is 6.39.